The molecule has 0 saturated heterocycles. The minimum absolute atomic E-state index is 0.151. The van der Waals surface area contributed by atoms with Crippen molar-refractivity contribution in [1.82, 2.24) is 4.90 Å². The van der Waals surface area contributed by atoms with E-state index in [1.54, 1.807) is 18.2 Å². The molecule has 0 spiro atoms. The molecule has 1 amide bonds. The number of methoxy groups -OCH3 is 1. The number of amides is 1. The number of nitrogens with one attached hydrogen (secondary N) is 2. The van der Waals surface area contributed by atoms with Gasteiger partial charge in [-0.05, 0) is 55.2 Å². The van der Waals surface area contributed by atoms with Crippen molar-refractivity contribution in [2.75, 3.05) is 37.4 Å². The molecule has 0 saturated carbocycles. The lowest BCUT2D eigenvalue weighted by molar-refractivity contribution is -0.141. The summed E-state index contributed by atoms with van der Waals surface area (Å²) >= 11 is 0. The van der Waals surface area contributed by atoms with Crippen LogP contribution in [0.25, 0.3) is 0 Å². The van der Waals surface area contributed by atoms with Gasteiger partial charge in [0.1, 0.15) is 6.54 Å². The molecule has 0 aliphatic carbocycles. The SMILES string of the molecule is C=C1/C=C/CCCCN=C(Nc2ccccc2)Nc2cccc(c2)C(=O)N(CC(=O)OC)C1. The van der Waals surface area contributed by atoms with Crippen LogP contribution in [0, 0.1) is 0 Å². The number of hydrogen-bond acceptors (Lipinski definition) is 6. The van der Waals surface area contributed by atoms with Gasteiger partial charge in [-0.25, -0.2) is 0 Å². The highest BCUT2D eigenvalue weighted by atomic mass is 16.5. The second kappa shape index (κ2) is 12.2. The third-order valence-corrected chi connectivity index (χ3v) is 5.04. The summed E-state index contributed by atoms with van der Waals surface area (Å²) in [6.45, 7) is 4.80. The van der Waals surface area contributed by atoms with Crippen molar-refractivity contribution in [3.05, 3.63) is 84.5 Å². The molecule has 7 heteroatoms. The smallest absolute Gasteiger partial charge is 0.325 e. The molecule has 0 radical (unpaired) electrons. The van der Waals surface area contributed by atoms with E-state index < -0.39 is 5.97 Å². The number of guanidine groups is 1. The van der Waals surface area contributed by atoms with Crippen LogP contribution in [0.5, 0.6) is 0 Å². The molecule has 2 N–H and O–H groups in total. The van der Waals surface area contributed by atoms with Crippen molar-refractivity contribution in [3.8, 4) is 0 Å². The number of carbonyl (C=O) groups excluding carboxylic acids is 2. The molecule has 1 aliphatic heterocycles. The van der Waals surface area contributed by atoms with E-state index in [2.05, 4.69) is 17.2 Å². The first kappa shape index (κ1) is 23.8. The third kappa shape index (κ3) is 7.64. The molecule has 0 fully saturated rings. The number of carbonyl (C=O) groups is 2. The van der Waals surface area contributed by atoms with Gasteiger partial charge >= 0.3 is 5.97 Å². The number of allylic oxidation sites excluding steroid dienone is 1. The molecule has 0 unspecified atom stereocenters. The summed E-state index contributed by atoms with van der Waals surface area (Å²) in [5.74, 6) is -0.154. The van der Waals surface area contributed by atoms with Gasteiger partial charge in [0.05, 0.1) is 7.11 Å². The van der Waals surface area contributed by atoms with E-state index in [4.69, 9.17) is 9.73 Å². The van der Waals surface area contributed by atoms with Gasteiger partial charge < -0.3 is 20.3 Å². The average molecular weight is 447 g/mol. The molecule has 2 bridgehead atoms. The van der Waals surface area contributed by atoms with Crippen LogP contribution >= 0.6 is 0 Å². The lowest BCUT2D eigenvalue weighted by Crippen LogP contribution is -2.37. The van der Waals surface area contributed by atoms with E-state index in [-0.39, 0.29) is 19.0 Å². The highest BCUT2D eigenvalue weighted by Gasteiger charge is 2.20. The summed E-state index contributed by atoms with van der Waals surface area (Å²) in [5, 5.41) is 6.60. The quantitative estimate of drug-likeness (QED) is 0.680. The van der Waals surface area contributed by atoms with Crippen molar-refractivity contribution in [2.45, 2.75) is 19.3 Å². The molecular weight excluding hydrogens is 416 g/mol. The topological polar surface area (TPSA) is 83.0 Å². The van der Waals surface area contributed by atoms with Crippen LogP contribution in [0.15, 0.2) is 83.9 Å². The number of hydrogen-bond donors (Lipinski definition) is 2. The van der Waals surface area contributed by atoms with Gasteiger partial charge in [0, 0.05) is 30.0 Å². The summed E-state index contributed by atoms with van der Waals surface area (Å²) in [6, 6.07) is 16.9. The van der Waals surface area contributed by atoms with Gasteiger partial charge in [-0.1, -0.05) is 43.0 Å². The van der Waals surface area contributed by atoms with Crippen LogP contribution in [0.3, 0.4) is 0 Å². The number of para-hydroxylation sites is 1. The van der Waals surface area contributed by atoms with E-state index in [9.17, 15) is 9.59 Å². The number of ether oxygens (including phenoxy) is 1. The van der Waals surface area contributed by atoms with Crippen molar-refractivity contribution in [1.29, 1.82) is 0 Å². The number of benzene rings is 2. The van der Waals surface area contributed by atoms with Crippen LogP contribution in [0.2, 0.25) is 0 Å². The Morgan fingerprint density at radius 1 is 1.18 bits per heavy atom. The second-order valence-corrected chi connectivity index (χ2v) is 7.72. The maximum atomic E-state index is 13.3. The molecule has 2 aromatic carbocycles. The van der Waals surface area contributed by atoms with Crippen LogP contribution in [-0.4, -0.2) is 49.5 Å². The second-order valence-electron chi connectivity index (χ2n) is 7.72. The first-order valence-corrected chi connectivity index (χ1v) is 11.0. The minimum Gasteiger partial charge on any atom is -0.468 e. The molecule has 7 nitrogen and oxygen atoms in total. The van der Waals surface area contributed by atoms with E-state index in [0.29, 0.717) is 23.8 Å². The number of anilines is 2. The van der Waals surface area contributed by atoms with E-state index in [0.717, 1.165) is 30.5 Å². The Morgan fingerprint density at radius 3 is 2.79 bits per heavy atom. The fraction of sp³-hybridized carbons (Fsp3) is 0.269. The van der Waals surface area contributed by atoms with Gasteiger partial charge in [-0.2, -0.15) is 0 Å². The first-order valence-electron chi connectivity index (χ1n) is 11.0. The number of rotatable bonds is 3. The van der Waals surface area contributed by atoms with Gasteiger partial charge in [-0.3, -0.25) is 14.6 Å². The Morgan fingerprint density at radius 2 is 2.00 bits per heavy atom. The summed E-state index contributed by atoms with van der Waals surface area (Å²) < 4.78 is 4.79. The maximum absolute atomic E-state index is 13.3. The predicted molar refractivity (Wildman–Crippen MR) is 132 cm³/mol. The highest BCUT2D eigenvalue weighted by molar-refractivity contribution is 6.04. The molecule has 0 aromatic heterocycles. The molecule has 3 rings (SSSR count). The van der Waals surface area contributed by atoms with E-state index in [1.165, 1.54) is 12.0 Å². The lowest BCUT2D eigenvalue weighted by atomic mass is 10.1. The zero-order chi connectivity index (χ0) is 23.5. The van der Waals surface area contributed by atoms with Crippen molar-refractivity contribution < 1.29 is 14.3 Å². The van der Waals surface area contributed by atoms with Crippen molar-refractivity contribution in [2.24, 2.45) is 4.99 Å². The van der Waals surface area contributed by atoms with Gasteiger partial charge in [-0.15, -0.1) is 0 Å². The molecule has 1 heterocycles. The number of esters is 1. The standard InChI is InChI=1S/C26H30N4O3/c1-20-11-6-3-4-9-16-27-26(28-22-13-7-5-8-14-22)29-23-15-10-12-21(17-23)25(32)30(18-20)19-24(31)33-2/h5-8,10-15,17H,1,3-4,9,16,18-19H2,2H3,(H2,27,28,29)/b11-6+. The maximum Gasteiger partial charge on any atom is 0.325 e. The summed E-state index contributed by atoms with van der Waals surface area (Å²) in [6.07, 6.45) is 6.75. The zero-order valence-corrected chi connectivity index (χ0v) is 18.9. The van der Waals surface area contributed by atoms with Crippen LogP contribution in [0.1, 0.15) is 29.6 Å². The molecule has 2 aromatic rings. The first-order chi connectivity index (χ1) is 16.0. The van der Waals surface area contributed by atoms with Crippen molar-refractivity contribution >= 4 is 29.2 Å². The molecule has 1 aliphatic rings. The monoisotopic (exact) mass is 446 g/mol. The lowest BCUT2D eigenvalue weighted by Gasteiger charge is -2.22. The Balaban J connectivity index is 1.89. The molecule has 0 atom stereocenters. The molecule has 33 heavy (non-hydrogen) atoms. The van der Waals surface area contributed by atoms with Crippen LogP contribution in [-0.2, 0) is 9.53 Å². The Labute approximate surface area is 194 Å². The number of fused-ring (bicyclic) bond motifs is 2. The van der Waals surface area contributed by atoms with E-state index in [1.807, 2.05) is 48.6 Å². The van der Waals surface area contributed by atoms with Crippen molar-refractivity contribution in [3.63, 3.8) is 0 Å². The summed E-state index contributed by atoms with van der Waals surface area (Å²) in [7, 11) is 1.31. The largest absolute Gasteiger partial charge is 0.468 e. The third-order valence-electron chi connectivity index (χ3n) is 5.04. The molecule has 172 valence electrons. The average Bonchev–Trinajstić information content (AvgIpc) is 2.82. The van der Waals surface area contributed by atoms with Crippen LogP contribution in [0.4, 0.5) is 11.4 Å². The Hall–Kier alpha value is -3.87. The number of nitrogens with zero attached hydrogens (tertiary/aromatic N) is 2. The summed E-state index contributed by atoms with van der Waals surface area (Å²) in [4.78, 5) is 31.3. The zero-order valence-electron chi connectivity index (χ0n) is 18.9. The Kier molecular flexibility index (Phi) is 8.82. The van der Waals surface area contributed by atoms with Gasteiger partial charge in [0.2, 0.25) is 0 Å². The number of aliphatic imine (C=N–C) groups is 1. The fourth-order valence-electron chi connectivity index (χ4n) is 3.35. The summed E-state index contributed by atoms with van der Waals surface area (Å²) in [5.41, 5.74) is 2.83. The van der Waals surface area contributed by atoms with Crippen LogP contribution < -0.4 is 10.6 Å². The highest BCUT2D eigenvalue weighted by Crippen LogP contribution is 2.16. The predicted octanol–water partition coefficient (Wildman–Crippen LogP) is 4.48. The van der Waals surface area contributed by atoms with Gasteiger partial charge in [0.15, 0.2) is 5.96 Å². The fourth-order valence-corrected chi connectivity index (χ4v) is 3.35. The minimum atomic E-state index is -0.481. The van der Waals surface area contributed by atoms with E-state index >= 15 is 0 Å². The Bertz CT molecular complexity index is 1030. The normalized spacial score (nSPS) is 16.4. The molecular formula is C26H30N4O3. The van der Waals surface area contributed by atoms with Gasteiger partial charge in [0.25, 0.3) is 5.91 Å².